The zero-order chi connectivity index (χ0) is 18.5. The average molecular weight is 355 g/mol. The molecule has 0 radical (unpaired) electrons. The lowest BCUT2D eigenvalue weighted by Gasteiger charge is -2.30. The van der Waals surface area contributed by atoms with Crippen LogP contribution in [0, 0.1) is 5.92 Å². The van der Waals surface area contributed by atoms with Crippen LogP contribution in [0.25, 0.3) is 0 Å². The van der Waals surface area contributed by atoms with Crippen molar-refractivity contribution in [1.29, 1.82) is 0 Å². The summed E-state index contributed by atoms with van der Waals surface area (Å²) < 4.78 is 10.9. The Morgan fingerprint density at radius 3 is 2.69 bits per heavy atom. The van der Waals surface area contributed by atoms with Crippen LogP contribution in [-0.2, 0) is 22.6 Å². The number of hydrogen-bond acceptors (Lipinski definition) is 4. The van der Waals surface area contributed by atoms with Crippen LogP contribution in [0.15, 0.2) is 48.5 Å². The maximum Gasteiger partial charge on any atom is 0.323 e. The van der Waals surface area contributed by atoms with Gasteiger partial charge in [0.25, 0.3) is 0 Å². The Bertz CT molecular complexity index is 790. The van der Waals surface area contributed by atoms with Crippen molar-refractivity contribution in [2.45, 2.75) is 13.0 Å². The molecule has 0 spiro atoms. The van der Waals surface area contributed by atoms with Crippen molar-refractivity contribution >= 4 is 11.9 Å². The van der Waals surface area contributed by atoms with Gasteiger partial charge in [0, 0.05) is 6.54 Å². The molecule has 0 aromatic heterocycles. The van der Waals surface area contributed by atoms with E-state index >= 15 is 0 Å². The molecule has 26 heavy (non-hydrogen) atoms. The first kappa shape index (κ1) is 17.8. The zero-order valence-corrected chi connectivity index (χ0v) is 14.6. The minimum atomic E-state index is -1.03. The van der Waals surface area contributed by atoms with Crippen LogP contribution in [0.1, 0.15) is 11.1 Å². The third-order valence-corrected chi connectivity index (χ3v) is 4.38. The fraction of sp³-hybridized carbons (Fsp3) is 0.300. The van der Waals surface area contributed by atoms with E-state index in [0.29, 0.717) is 12.2 Å². The fourth-order valence-corrected chi connectivity index (χ4v) is 3.09. The summed E-state index contributed by atoms with van der Waals surface area (Å²) in [6.07, 6.45) is 0.496. The third kappa shape index (κ3) is 4.14. The van der Waals surface area contributed by atoms with Crippen molar-refractivity contribution in [2.24, 2.45) is 5.92 Å². The van der Waals surface area contributed by atoms with E-state index in [-0.39, 0.29) is 25.6 Å². The van der Waals surface area contributed by atoms with Gasteiger partial charge >= 0.3 is 5.97 Å². The topological polar surface area (TPSA) is 76.1 Å². The molecule has 0 bridgehead atoms. The Hall–Kier alpha value is -3.02. The molecule has 1 amide bonds. The normalized spacial score (nSPS) is 15.5. The van der Waals surface area contributed by atoms with Gasteiger partial charge in [0.1, 0.15) is 24.7 Å². The predicted octanol–water partition coefficient (Wildman–Crippen LogP) is 2.36. The summed E-state index contributed by atoms with van der Waals surface area (Å²) in [6, 6.07) is 14.9. The van der Waals surface area contributed by atoms with E-state index in [1.807, 2.05) is 48.5 Å². The molecule has 1 aliphatic rings. The van der Waals surface area contributed by atoms with Gasteiger partial charge in [-0.2, -0.15) is 0 Å². The van der Waals surface area contributed by atoms with E-state index in [0.717, 1.165) is 16.9 Å². The molecule has 0 fully saturated rings. The molecule has 1 N–H and O–H groups in total. The predicted molar refractivity (Wildman–Crippen MR) is 95.2 cm³/mol. The number of carbonyl (C=O) groups is 2. The van der Waals surface area contributed by atoms with Gasteiger partial charge in [-0.3, -0.25) is 9.59 Å². The van der Waals surface area contributed by atoms with Gasteiger partial charge in [-0.25, -0.2) is 0 Å². The highest BCUT2D eigenvalue weighted by Crippen LogP contribution is 2.31. The quantitative estimate of drug-likeness (QED) is 0.861. The van der Waals surface area contributed by atoms with Crippen LogP contribution in [0.5, 0.6) is 11.5 Å². The average Bonchev–Trinajstić information content (AvgIpc) is 2.66. The Kier molecular flexibility index (Phi) is 5.41. The molecule has 2 aromatic carbocycles. The molecule has 1 unspecified atom stereocenters. The van der Waals surface area contributed by atoms with Crippen molar-refractivity contribution < 1.29 is 24.2 Å². The molecule has 6 nitrogen and oxygen atoms in total. The number of fused-ring (bicyclic) bond motifs is 1. The third-order valence-electron chi connectivity index (χ3n) is 4.38. The summed E-state index contributed by atoms with van der Waals surface area (Å²) in [5.74, 6) is -0.231. The number of ether oxygens (including phenoxy) is 2. The van der Waals surface area contributed by atoms with E-state index in [1.165, 1.54) is 4.90 Å². The molecule has 1 atom stereocenters. The molecular weight excluding hydrogens is 334 g/mol. The first-order valence-electron chi connectivity index (χ1n) is 8.41. The minimum Gasteiger partial charge on any atom is -0.497 e. The molecule has 6 heteroatoms. The van der Waals surface area contributed by atoms with Crippen molar-refractivity contribution in [3.8, 4) is 11.5 Å². The summed E-state index contributed by atoms with van der Waals surface area (Å²) in [5.41, 5.74) is 1.78. The van der Waals surface area contributed by atoms with Crippen LogP contribution >= 0.6 is 0 Å². The standard InChI is InChI=1S/C20H21NO5/c1-25-17-7-8-18-15(10-17)9-16(13-26-18)20(24)21(12-19(22)23)11-14-5-3-2-4-6-14/h2-8,10,16H,9,11-13H2,1H3,(H,22,23). The summed E-state index contributed by atoms with van der Waals surface area (Å²) in [6.45, 7) is 0.158. The van der Waals surface area contributed by atoms with E-state index < -0.39 is 11.9 Å². The van der Waals surface area contributed by atoms with Gasteiger partial charge in [-0.1, -0.05) is 30.3 Å². The van der Waals surface area contributed by atoms with Crippen LogP contribution in [0.2, 0.25) is 0 Å². The number of rotatable bonds is 6. The number of benzene rings is 2. The highest BCUT2D eigenvalue weighted by atomic mass is 16.5. The Labute approximate surface area is 152 Å². The molecule has 3 rings (SSSR count). The lowest BCUT2D eigenvalue weighted by Crippen LogP contribution is -2.42. The second-order valence-electron chi connectivity index (χ2n) is 6.26. The molecule has 2 aromatic rings. The molecule has 0 aliphatic carbocycles. The second-order valence-corrected chi connectivity index (χ2v) is 6.26. The van der Waals surface area contributed by atoms with Gasteiger partial charge in [0.15, 0.2) is 0 Å². The van der Waals surface area contributed by atoms with Gasteiger partial charge in [-0.15, -0.1) is 0 Å². The van der Waals surface area contributed by atoms with E-state index in [9.17, 15) is 14.7 Å². The molecule has 0 saturated carbocycles. The van der Waals surface area contributed by atoms with Gasteiger partial charge in [-0.05, 0) is 35.7 Å². The summed E-state index contributed by atoms with van der Waals surface area (Å²) in [7, 11) is 1.59. The lowest BCUT2D eigenvalue weighted by atomic mass is 9.95. The van der Waals surface area contributed by atoms with Gasteiger partial charge in [0.2, 0.25) is 5.91 Å². The van der Waals surface area contributed by atoms with Crippen LogP contribution in [-0.4, -0.2) is 42.1 Å². The van der Waals surface area contributed by atoms with Crippen LogP contribution < -0.4 is 9.47 Å². The summed E-state index contributed by atoms with van der Waals surface area (Å²) in [5, 5.41) is 9.19. The smallest absolute Gasteiger partial charge is 0.323 e. The number of amides is 1. The highest BCUT2D eigenvalue weighted by Gasteiger charge is 2.30. The van der Waals surface area contributed by atoms with Crippen molar-refractivity contribution in [1.82, 2.24) is 4.90 Å². The highest BCUT2D eigenvalue weighted by molar-refractivity contribution is 5.83. The largest absolute Gasteiger partial charge is 0.497 e. The number of hydrogen-bond donors (Lipinski definition) is 1. The Balaban J connectivity index is 1.77. The number of aliphatic carboxylic acids is 1. The van der Waals surface area contributed by atoms with Crippen LogP contribution in [0.3, 0.4) is 0 Å². The van der Waals surface area contributed by atoms with Gasteiger partial charge in [0.05, 0.1) is 13.0 Å². The number of methoxy groups -OCH3 is 1. The summed E-state index contributed by atoms with van der Waals surface area (Å²) >= 11 is 0. The minimum absolute atomic E-state index is 0.218. The number of carboxylic acids is 1. The first-order valence-corrected chi connectivity index (χ1v) is 8.41. The molecule has 136 valence electrons. The fourth-order valence-electron chi connectivity index (χ4n) is 3.09. The molecular formula is C20H21NO5. The number of carbonyl (C=O) groups excluding carboxylic acids is 1. The Morgan fingerprint density at radius 2 is 2.00 bits per heavy atom. The van der Waals surface area contributed by atoms with Crippen LogP contribution in [0.4, 0.5) is 0 Å². The maximum absolute atomic E-state index is 13.0. The number of nitrogens with zero attached hydrogens (tertiary/aromatic N) is 1. The lowest BCUT2D eigenvalue weighted by molar-refractivity contribution is -0.147. The van der Waals surface area contributed by atoms with E-state index in [2.05, 4.69) is 0 Å². The van der Waals surface area contributed by atoms with Crippen molar-refractivity contribution in [3.63, 3.8) is 0 Å². The number of carboxylic acid groups (broad SMARTS) is 1. The van der Waals surface area contributed by atoms with E-state index in [4.69, 9.17) is 9.47 Å². The SMILES string of the molecule is COc1ccc2c(c1)CC(C(=O)N(CC(=O)O)Cc1ccccc1)CO2. The molecule has 0 saturated heterocycles. The molecule has 1 heterocycles. The summed E-state index contributed by atoms with van der Waals surface area (Å²) in [4.78, 5) is 25.6. The van der Waals surface area contributed by atoms with Crippen molar-refractivity contribution in [2.75, 3.05) is 20.3 Å². The molecule has 1 aliphatic heterocycles. The zero-order valence-electron chi connectivity index (χ0n) is 14.6. The Morgan fingerprint density at radius 1 is 1.23 bits per heavy atom. The maximum atomic E-state index is 13.0. The monoisotopic (exact) mass is 355 g/mol. The second kappa shape index (κ2) is 7.91. The van der Waals surface area contributed by atoms with Gasteiger partial charge < -0.3 is 19.5 Å². The van der Waals surface area contributed by atoms with Crippen molar-refractivity contribution in [3.05, 3.63) is 59.7 Å². The first-order chi connectivity index (χ1) is 12.6. The van der Waals surface area contributed by atoms with E-state index in [1.54, 1.807) is 7.11 Å².